The highest BCUT2D eigenvalue weighted by molar-refractivity contribution is 5.84. The SMILES string of the molecule is CC(C)(C)OC(=O)Nc1[nH]ncc1CNC1CC(O)C1(C)C. The third-order valence-electron chi connectivity index (χ3n) is 4.10. The van der Waals surface area contributed by atoms with Crippen LogP contribution in [-0.2, 0) is 11.3 Å². The van der Waals surface area contributed by atoms with Crippen LogP contribution in [-0.4, -0.2) is 39.1 Å². The molecule has 0 spiro atoms. The fourth-order valence-corrected chi connectivity index (χ4v) is 2.44. The lowest BCUT2D eigenvalue weighted by molar-refractivity contribution is -0.0729. The van der Waals surface area contributed by atoms with E-state index in [4.69, 9.17) is 4.74 Å². The van der Waals surface area contributed by atoms with E-state index in [0.29, 0.717) is 12.4 Å². The van der Waals surface area contributed by atoms with Gasteiger partial charge in [-0.2, -0.15) is 5.10 Å². The van der Waals surface area contributed by atoms with Gasteiger partial charge in [0.1, 0.15) is 11.4 Å². The van der Waals surface area contributed by atoms with Crippen LogP contribution in [0.1, 0.15) is 46.6 Å². The van der Waals surface area contributed by atoms with Gasteiger partial charge >= 0.3 is 6.09 Å². The summed E-state index contributed by atoms with van der Waals surface area (Å²) in [6.45, 7) is 10.1. The van der Waals surface area contributed by atoms with E-state index in [-0.39, 0.29) is 17.6 Å². The molecule has 1 aliphatic carbocycles. The summed E-state index contributed by atoms with van der Waals surface area (Å²) in [6.07, 6.45) is 1.62. The van der Waals surface area contributed by atoms with Gasteiger partial charge < -0.3 is 15.2 Å². The van der Waals surface area contributed by atoms with Gasteiger partial charge in [0.25, 0.3) is 0 Å². The topological polar surface area (TPSA) is 99.3 Å². The molecule has 0 radical (unpaired) electrons. The number of ether oxygens (including phenoxy) is 1. The fraction of sp³-hybridized carbons (Fsp3) is 0.733. The first-order valence-corrected chi connectivity index (χ1v) is 7.53. The number of aliphatic hydroxyl groups excluding tert-OH is 1. The maximum Gasteiger partial charge on any atom is 0.413 e. The maximum atomic E-state index is 11.8. The highest BCUT2D eigenvalue weighted by atomic mass is 16.6. The Bertz CT molecular complexity index is 533. The second-order valence-corrected chi connectivity index (χ2v) is 7.40. The molecule has 2 rings (SSSR count). The highest BCUT2D eigenvalue weighted by Crippen LogP contribution is 2.40. The molecule has 7 nitrogen and oxygen atoms in total. The third kappa shape index (κ3) is 3.78. The Morgan fingerprint density at radius 3 is 2.77 bits per heavy atom. The Hall–Kier alpha value is -1.60. The number of aromatic nitrogens is 2. The first-order chi connectivity index (χ1) is 10.1. The minimum absolute atomic E-state index is 0.136. The van der Waals surface area contributed by atoms with E-state index < -0.39 is 11.7 Å². The van der Waals surface area contributed by atoms with E-state index in [1.807, 2.05) is 34.6 Å². The van der Waals surface area contributed by atoms with Crippen LogP contribution in [0.15, 0.2) is 6.20 Å². The van der Waals surface area contributed by atoms with Crippen molar-refractivity contribution in [1.82, 2.24) is 15.5 Å². The molecule has 0 bridgehead atoms. The van der Waals surface area contributed by atoms with E-state index in [1.165, 1.54) is 0 Å². The number of nitrogens with one attached hydrogen (secondary N) is 3. The number of H-pyrrole nitrogens is 1. The molecule has 1 heterocycles. The Balaban J connectivity index is 1.89. The van der Waals surface area contributed by atoms with Crippen LogP contribution >= 0.6 is 0 Å². The molecule has 1 aliphatic rings. The first kappa shape index (κ1) is 16.8. The van der Waals surface area contributed by atoms with Gasteiger partial charge in [-0.3, -0.25) is 10.4 Å². The van der Waals surface area contributed by atoms with Crippen molar-refractivity contribution < 1.29 is 14.6 Å². The van der Waals surface area contributed by atoms with E-state index in [9.17, 15) is 9.90 Å². The maximum absolute atomic E-state index is 11.8. The van der Waals surface area contributed by atoms with Crippen LogP contribution in [0.3, 0.4) is 0 Å². The van der Waals surface area contributed by atoms with Crippen LogP contribution in [0, 0.1) is 5.41 Å². The van der Waals surface area contributed by atoms with Gasteiger partial charge in [0, 0.05) is 23.6 Å². The molecule has 4 N–H and O–H groups in total. The second kappa shape index (κ2) is 5.89. The van der Waals surface area contributed by atoms with Gasteiger partial charge in [0.2, 0.25) is 0 Å². The molecule has 7 heteroatoms. The molecule has 2 atom stereocenters. The number of aromatic amines is 1. The van der Waals surface area contributed by atoms with Crippen molar-refractivity contribution in [1.29, 1.82) is 0 Å². The Kier molecular flexibility index (Phi) is 4.49. The number of hydrogen-bond acceptors (Lipinski definition) is 5. The number of amides is 1. The number of nitrogens with zero attached hydrogens (tertiary/aromatic N) is 1. The number of carbonyl (C=O) groups is 1. The molecule has 2 unspecified atom stereocenters. The molecule has 1 aromatic heterocycles. The van der Waals surface area contributed by atoms with Gasteiger partial charge in [-0.25, -0.2) is 4.79 Å². The number of anilines is 1. The van der Waals surface area contributed by atoms with Crippen LogP contribution in [0.5, 0.6) is 0 Å². The average molecular weight is 310 g/mol. The Morgan fingerprint density at radius 1 is 1.55 bits per heavy atom. The van der Waals surface area contributed by atoms with Crippen LogP contribution in [0.2, 0.25) is 0 Å². The smallest absolute Gasteiger partial charge is 0.413 e. The van der Waals surface area contributed by atoms with Crippen LogP contribution < -0.4 is 10.6 Å². The lowest BCUT2D eigenvalue weighted by Crippen LogP contribution is -2.59. The van der Waals surface area contributed by atoms with E-state index >= 15 is 0 Å². The van der Waals surface area contributed by atoms with Crippen molar-refractivity contribution in [3.8, 4) is 0 Å². The lowest BCUT2D eigenvalue weighted by Gasteiger charge is -2.49. The molecular weight excluding hydrogens is 284 g/mol. The number of aliphatic hydroxyl groups is 1. The Labute approximate surface area is 130 Å². The van der Waals surface area contributed by atoms with E-state index in [1.54, 1.807) is 6.20 Å². The molecule has 1 amide bonds. The third-order valence-corrected chi connectivity index (χ3v) is 4.10. The van der Waals surface area contributed by atoms with Crippen molar-refractivity contribution in [2.24, 2.45) is 5.41 Å². The summed E-state index contributed by atoms with van der Waals surface area (Å²) in [6, 6.07) is 0.242. The molecule has 1 saturated carbocycles. The molecule has 0 saturated heterocycles. The van der Waals surface area contributed by atoms with Gasteiger partial charge in [-0.05, 0) is 27.2 Å². The highest BCUT2D eigenvalue weighted by Gasteiger charge is 2.46. The fourth-order valence-electron chi connectivity index (χ4n) is 2.44. The van der Waals surface area contributed by atoms with Crippen molar-refractivity contribution in [2.75, 3.05) is 5.32 Å². The summed E-state index contributed by atoms with van der Waals surface area (Å²) in [5.74, 6) is 0.527. The summed E-state index contributed by atoms with van der Waals surface area (Å²) < 4.78 is 5.22. The predicted octanol–water partition coefficient (Wildman–Crippen LogP) is 2.01. The van der Waals surface area contributed by atoms with Gasteiger partial charge in [0.15, 0.2) is 0 Å². The summed E-state index contributed by atoms with van der Waals surface area (Å²) in [5, 5.41) is 22.5. The Morgan fingerprint density at radius 2 is 2.23 bits per heavy atom. The number of carbonyl (C=O) groups excluding carboxylic acids is 1. The average Bonchev–Trinajstić information content (AvgIpc) is 2.79. The quantitative estimate of drug-likeness (QED) is 0.682. The molecule has 22 heavy (non-hydrogen) atoms. The van der Waals surface area contributed by atoms with Crippen molar-refractivity contribution in [2.45, 2.75) is 65.3 Å². The van der Waals surface area contributed by atoms with Crippen molar-refractivity contribution in [3.63, 3.8) is 0 Å². The number of hydrogen-bond donors (Lipinski definition) is 4. The summed E-state index contributed by atoms with van der Waals surface area (Å²) in [7, 11) is 0. The standard InChI is InChI=1S/C15H26N4O3/c1-14(2,3)22-13(21)18-12-9(8-17-19-12)7-16-10-6-11(20)15(10,4)5/h8,10-11,16,20H,6-7H2,1-5H3,(H2,17,18,19,21). The molecule has 1 aromatic rings. The zero-order valence-corrected chi connectivity index (χ0v) is 13.9. The minimum atomic E-state index is -0.547. The normalized spacial score (nSPS) is 23.7. The van der Waals surface area contributed by atoms with Gasteiger partial charge in [-0.1, -0.05) is 13.8 Å². The minimum Gasteiger partial charge on any atom is -0.444 e. The molecule has 124 valence electrons. The first-order valence-electron chi connectivity index (χ1n) is 7.53. The van der Waals surface area contributed by atoms with E-state index in [0.717, 1.165) is 12.0 Å². The predicted molar refractivity (Wildman–Crippen MR) is 83.5 cm³/mol. The molecule has 0 aromatic carbocycles. The summed E-state index contributed by atoms with van der Waals surface area (Å²) >= 11 is 0. The summed E-state index contributed by atoms with van der Waals surface area (Å²) in [4.78, 5) is 11.8. The van der Waals surface area contributed by atoms with Crippen LogP contribution in [0.4, 0.5) is 10.6 Å². The van der Waals surface area contributed by atoms with Crippen LogP contribution in [0.25, 0.3) is 0 Å². The molecular formula is C15H26N4O3. The second-order valence-electron chi connectivity index (χ2n) is 7.40. The molecule has 0 aliphatic heterocycles. The number of rotatable bonds is 4. The van der Waals surface area contributed by atoms with Gasteiger partial charge in [-0.15, -0.1) is 0 Å². The zero-order valence-electron chi connectivity index (χ0n) is 13.9. The van der Waals surface area contributed by atoms with Crippen molar-refractivity contribution in [3.05, 3.63) is 11.8 Å². The monoisotopic (exact) mass is 310 g/mol. The van der Waals surface area contributed by atoms with Gasteiger partial charge in [0.05, 0.1) is 12.3 Å². The molecule has 1 fully saturated rings. The van der Waals surface area contributed by atoms with E-state index in [2.05, 4.69) is 20.8 Å². The zero-order chi connectivity index (χ0) is 16.5. The lowest BCUT2D eigenvalue weighted by atomic mass is 9.64. The van der Waals surface area contributed by atoms with Crippen molar-refractivity contribution >= 4 is 11.9 Å². The summed E-state index contributed by atoms with van der Waals surface area (Å²) in [5.41, 5.74) is 0.167. The largest absolute Gasteiger partial charge is 0.444 e.